The smallest absolute Gasteiger partial charge is 0.336 e. The second kappa shape index (κ2) is 12.6. The highest BCUT2D eigenvalue weighted by molar-refractivity contribution is 7.90. The number of nitro benzene ring substituents is 1. The van der Waals surface area contributed by atoms with Crippen LogP contribution in [0.5, 0.6) is 0 Å². The Hall–Kier alpha value is -4.56. The third-order valence-electron chi connectivity index (χ3n) is 7.73. The van der Waals surface area contributed by atoms with Crippen molar-refractivity contribution in [1.82, 2.24) is 9.62 Å². The van der Waals surface area contributed by atoms with Crippen molar-refractivity contribution in [2.75, 3.05) is 26.4 Å². The highest BCUT2D eigenvalue weighted by Gasteiger charge is 2.42. The van der Waals surface area contributed by atoms with E-state index in [1.807, 2.05) is 0 Å². The maximum absolute atomic E-state index is 13.6. The van der Waals surface area contributed by atoms with Crippen molar-refractivity contribution in [3.8, 4) is 0 Å². The summed E-state index contributed by atoms with van der Waals surface area (Å²) in [5.41, 5.74) is 0.819. The molecule has 0 unspecified atom stereocenters. The summed E-state index contributed by atoms with van der Waals surface area (Å²) in [5, 5.41) is 14.6. The summed E-state index contributed by atoms with van der Waals surface area (Å²) in [6.07, 6.45) is 2.33. The molecule has 44 heavy (non-hydrogen) atoms. The number of hydrogen-bond acceptors (Lipinski definition) is 11. The molecule has 0 radical (unpaired) electrons. The van der Waals surface area contributed by atoms with Crippen LogP contribution in [0.15, 0.2) is 76.0 Å². The molecule has 0 spiro atoms. The molecular formula is C30H31N3O10S. The molecule has 13 nitrogen and oxygen atoms in total. The Bertz CT molecular complexity index is 1690. The third kappa shape index (κ3) is 5.95. The first-order chi connectivity index (χ1) is 21.0. The van der Waals surface area contributed by atoms with Gasteiger partial charge in [0.25, 0.3) is 21.6 Å². The molecule has 0 saturated carbocycles. The lowest BCUT2D eigenvalue weighted by molar-refractivity contribution is -0.384. The van der Waals surface area contributed by atoms with Gasteiger partial charge < -0.3 is 19.5 Å². The van der Waals surface area contributed by atoms with Crippen LogP contribution in [-0.4, -0.2) is 68.0 Å². The van der Waals surface area contributed by atoms with E-state index in [4.69, 9.17) is 14.2 Å². The molecule has 1 amide bonds. The number of allylic oxidation sites excluding steroid dienone is 2. The third-order valence-corrected chi connectivity index (χ3v) is 9.57. The molecule has 232 valence electrons. The van der Waals surface area contributed by atoms with Gasteiger partial charge in [-0.25, -0.2) is 22.3 Å². The summed E-state index contributed by atoms with van der Waals surface area (Å²) in [5.74, 6) is -3.47. The fourth-order valence-electron chi connectivity index (χ4n) is 5.62. The van der Waals surface area contributed by atoms with Gasteiger partial charge in [0.2, 0.25) is 0 Å². The van der Waals surface area contributed by atoms with Crippen LogP contribution in [-0.2, 0) is 33.8 Å². The standard InChI is InChI=1S/C30H31N3O10S/c1-18-25(29(35)42-15-13-32-28(34)23-11-3-4-12-24(23)44(32,39)40)27(20-8-7-9-21(16-20)33(37)38)26(19(2)31-18)30(36)43-17-22-10-5-6-14-41-22/h3-4,7-9,11-12,16,22,27,31H,5-6,10,13-15,17H2,1-2H3/t22-,27-/m0/s1. The largest absolute Gasteiger partial charge is 0.460 e. The first kappa shape index (κ1) is 30.9. The first-order valence-electron chi connectivity index (χ1n) is 14.1. The fraction of sp³-hybridized carbons (Fsp3) is 0.367. The van der Waals surface area contributed by atoms with Gasteiger partial charge in [-0.1, -0.05) is 24.3 Å². The van der Waals surface area contributed by atoms with Gasteiger partial charge in [0, 0.05) is 30.1 Å². The number of hydrogen-bond donors (Lipinski definition) is 1. The molecular weight excluding hydrogens is 594 g/mol. The molecule has 1 N–H and O–H groups in total. The van der Waals surface area contributed by atoms with E-state index in [2.05, 4.69) is 5.32 Å². The van der Waals surface area contributed by atoms with Gasteiger partial charge >= 0.3 is 11.9 Å². The van der Waals surface area contributed by atoms with E-state index < -0.39 is 51.9 Å². The maximum Gasteiger partial charge on any atom is 0.336 e. The lowest BCUT2D eigenvalue weighted by atomic mass is 9.80. The van der Waals surface area contributed by atoms with Gasteiger partial charge in [-0.2, -0.15) is 0 Å². The summed E-state index contributed by atoms with van der Waals surface area (Å²) >= 11 is 0. The van der Waals surface area contributed by atoms with Gasteiger partial charge in [-0.05, 0) is 50.8 Å². The first-order valence-corrected chi connectivity index (χ1v) is 15.5. The summed E-state index contributed by atoms with van der Waals surface area (Å²) in [7, 11) is -4.11. The summed E-state index contributed by atoms with van der Waals surface area (Å²) in [4.78, 5) is 50.8. The Labute approximate surface area is 253 Å². The number of nitrogens with one attached hydrogen (secondary N) is 1. The highest BCUT2D eigenvalue weighted by Crippen LogP contribution is 2.40. The molecule has 0 aliphatic carbocycles. The minimum atomic E-state index is -4.11. The van der Waals surface area contributed by atoms with Crippen LogP contribution in [0.1, 0.15) is 54.9 Å². The summed E-state index contributed by atoms with van der Waals surface area (Å²) in [6.45, 7) is 2.88. The molecule has 2 aromatic rings. The van der Waals surface area contributed by atoms with Gasteiger partial charge in [0.05, 0.1) is 40.2 Å². The number of carbonyl (C=O) groups is 3. The van der Waals surface area contributed by atoms with Crippen molar-refractivity contribution < 1.29 is 41.9 Å². The lowest BCUT2D eigenvalue weighted by Crippen LogP contribution is -2.36. The number of ether oxygens (including phenoxy) is 3. The number of esters is 2. The predicted octanol–water partition coefficient (Wildman–Crippen LogP) is 3.33. The molecule has 3 aliphatic heterocycles. The number of nitro groups is 1. The molecule has 3 aliphatic rings. The monoisotopic (exact) mass is 625 g/mol. The Morgan fingerprint density at radius 1 is 1.05 bits per heavy atom. The second-order valence-corrected chi connectivity index (χ2v) is 12.4. The van der Waals surface area contributed by atoms with Crippen molar-refractivity contribution >= 4 is 33.6 Å². The van der Waals surface area contributed by atoms with E-state index in [0.717, 1.165) is 19.3 Å². The molecule has 0 bridgehead atoms. The van der Waals surface area contributed by atoms with E-state index in [0.29, 0.717) is 22.3 Å². The summed E-state index contributed by atoms with van der Waals surface area (Å²) in [6, 6.07) is 11.4. The van der Waals surface area contributed by atoms with Gasteiger partial charge in [0.15, 0.2) is 0 Å². The topological polar surface area (TPSA) is 171 Å². The minimum Gasteiger partial charge on any atom is -0.460 e. The highest BCUT2D eigenvalue weighted by atomic mass is 32.2. The zero-order chi connectivity index (χ0) is 31.6. The van der Waals surface area contributed by atoms with Crippen molar-refractivity contribution in [2.24, 2.45) is 0 Å². The average molecular weight is 626 g/mol. The minimum absolute atomic E-state index is 0.000469. The quantitative estimate of drug-likeness (QED) is 0.246. The molecule has 5 rings (SSSR count). The van der Waals surface area contributed by atoms with Crippen molar-refractivity contribution in [2.45, 2.75) is 50.0 Å². The van der Waals surface area contributed by atoms with Crippen LogP contribution in [0.4, 0.5) is 5.69 Å². The molecule has 1 fully saturated rings. The Morgan fingerprint density at radius 2 is 1.75 bits per heavy atom. The summed E-state index contributed by atoms with van der Waals surface area (Å²) < 4.78 is 43.2. The number of benzene rings is 2. The van der Waals surface area contributed by atoms with Crippen LogP contribution < -0.4 is 5.32 Å². The number of non-ortho nitro benzene ring substituents is 1. The number of carbonyl (C=O) groups excluding carboxylic acids is 3. The van der Waals surface area contributed by atoms with Crippen LogP contribution in [0.3, 0.4) is 0 Å². The fourth-order valence-corrected chi connectivity index (χ4v) is 7.18. The SMILES string of the molecule is CC1=C(C(=O)OCCN2C(=O)c3ccccc3S2(=O)=O)[C@H](c2cccc([N+](=O)[O-])c2)C(C(=O)OC[C@@H]2CCCCO2)=C(C)N1. The van der Waals surface area contributed by atoms with E-state index in [1.165, 1.54) is 36.4 Å². The van der Waals surface area contributed by atoms with Crippen molar-refractivity contribution in [3.63, 3.8) is 0 Å². The zero-order valence-corrected chi connectivity index (χ0v) is 24.9. The van der Waals surface area contributed by atoms with E-state index in [9.17, 15) is 32.9 Å². The molecule has 14 heteroatoms. The molecule has 2 atom stereocenters. The second-order valence-electron chi connectivity index (χ2n) is 10.6. The van der Waals surface area contributed by atoms with Crippen LogP contribution in [0.2, 0.25) is 0 Å². The van der Waals surface area contributed by atoms with E-state index in [-0.39, 0.29) is 45.6 Å². The number of fused-ring (bicyclic) bond motifs is 1. The Morgan fingerprint density at radius 3 is 2.41 bits per heavy atom. The van der Waals surface area contributed by atoms with Crippen LogP contribution >= 0.6 is 0 Å². The normalized spacial score (nSPS) is 21.0. The van der Waals surface area contributed by atoms with E-state index in [1.54, 1.807) is 26.0 Å². The van der Waals surface area contributed by atoms with Crippen LogP contribution in [0, 0.1) is 10.1 Å². The maximum atomic E-state index is 13.6. The van der Waals surface area contributed by atoms with E-state index >= 15 is 0 Å². The zero-order valence-electron chi connectivity index (χ0n) is 24.1. The molecule has 1 saturated heterocycles. The Kier molecular flexibility index (Phi) is 8.83. The number of sulfonamides is 1. The number of dihydropyridines is 1. The Balaban J connectivity index is 1.40. The van der Waals surface area contributed by atoms with Gasteiger partial charge in [-0.15, -0.1) is 0 Å². The molecule has 2 aromatic carbocycles. The van der Waals surface area contributed by atoms with Crippen LogP contribution in [0.25, 0.3) is 0 Å². The molecule has 3 heterocycles. The average Bonchev–Trinajstić information content (AvgIpc) is 3.20. The lowest BCUT2D eigenvalue weighted by Gasteiger charge is -2.31. The van der Waals surface area contributed by atoms with Crippen molar-refractivity contribution in [3.05, 3.63) is 92.3 Å². The number of nitrogens with zero attached hydrogens (tertiary/aromatic N) is 2. The number of amides is 1. The number of rotatable bonds is 9. The predicted molar refractivity (Wildman–Crippen MR) is 155 cm³/mol. The van der Waals surface area contributed by atoms with Crippen molar-refractivity contribution in [1.29, 1.82) is 0 Å². The van der Waals surface area contributed by atoms with Gasteiger partial charge in [0.1, 0.15) is 18.1 Å². The van der Waals surface area contributed by atoms with Gasteiger partial charge in [-0.3, -0.25) is 14.9 Å². The molecule has 0 aromatic heterocycles.